The van der Waals surface area contributed by atoms with Crippen LogP contribution in [0.2, 0.25) is 0 Å². The van der Waals surface area contributed by atoms with E-state index in [0.29, 0.717) is 48.0 Å². The van der Waals surface area contributed by atoms with Crippen LogP contribution >= 0.6 is 0 Å². The molecule has 2 aromatic carbocycles. The van der Waals surface area contributed by atoms with Gasteiger partial charge >= 0.3 is 0 Å². The molecule has 3 aromatic heterocycles. The maximum Gasteiger partial charge on any atom is 0.254 e. The molecule has 1 saturated heterocycles. The highest BCUT2D eigenvalue weighted by Gasteiger charge is 2.27. The summed E-state index contributed by atoms with van der Waals surface area (Å²) in [4.78, 5) is 22.3. The van der Waals surface area contributed by atoms with Crippen molar-refractivity contribution in [2.75, 3.05) is 37.3 Å². The van der Waals surface area contributed by atoms with E-state index in [9.17, 15) is 17.4 Å². The normalized spacial score (nSPS) is 14.9. The fourth-order valence-corrected chi connectivity index (χ4v) is 6.64. The van der Waals surface area contributed by atoms with E-state index in [1.807, 2.05) is 42.5 Å². The van der Waals surface area contributed by atoms with Crippen LogP contribution in [0.5, 0.6) is 0 Å². The van der Waals surface area contributed by atoms with Gasteiger partial charge in [0.15, 0.2) is 26.5 Å². The largest absolute Gasteiger partial charge is 0.454 e. The summed E-state index contributed by atoms with van der Waals surface area (Å²) in [5, 5.41) is 1.20. The van der Waals surface area contributed by atoms with Gasteiger partial charge < -0.3 is 14.2 Å². The molecule has 1 unspecified atom stereocenters. The number of pyridine rings is 1. The molecular weight excluding hydrogens is 548 g/mol. The Hall–Kier alpha value is -4.22. The number of fused-ring (bicyclic) bond motifs is 1. The molecule has 4 heterocycles. The lowest BCUT2D eigenvalue weighted by Gasteiger charge is -2.36. The summed E-state index contributed by atoms with van der Waals surface area (Å²) in [5.41, 5.74) is 3.43. The third kappa shape index (κ3) is 4.82. The summed E-state index contributed by atoms with van der Waals surface area (Å²) in [5.74, 6) is -0.205. The van der Waals surface area contributed by atoms with Crippen LogP contribution in [0.4, 0.5) is 5.69 Å². The highest BCUT2D eigenvalue weighted by Crippen LogP contribution is 2.31. The van der Waals surface area contributed by atoms with E-state index in [0.717, 1.165) is 22.9 Å². The highest BCUT2D eigenvalue weighted by atomic mass is 32.2. The molecule has 6 rings (SSSR count). The van der Waals surface area contributed by atoms with E-state index in [-0.39, 0.29) is 10.8 Å². The zero-order chi connectivity index (χ0) is 27.9. The summed E-state index contributed by atoms with van der Waals surface area (Å²) in [6.07, 6.45) is 6.05. The molecule has 1 aliphatic heterocycles. The Kier molecular flexibility index (Phi) is 6.77. The molecule has 0 aliphatic carbocycles. The van der Waals surface area contributed by atoms with Crippen molar-refractivity contribution in [3.63, 3.8) is 0 Å². The van der Waals surface area contributed by atoms with Crippen molar-refractivity contribution in [2.45, 2.75) is 9.99 Å². The van der Waals surface area contributed by atoms with Crippen molar-refractivity contribution < 1.29 is 21.8 Å². The number of amides is 1. The van der Waals surface area contributed by atoms with Crippen molar-refractivity contribution in [1.82, 2.24) is 13.9 Å². The topological polar surface area (TPSA) is 106 Å². The van der Waals surface area contributed by atoms with Crippen LogP contribution < -0.4 is 4.90 Å². The van der Waals surface area contributed by atoms with E-state index in [1.165, 1.54) is 12.3 Å². The predicted octanol–water partition coefficient (Wildman–Crippen LogP) is 4.23. The molecule has 0 saturated carbocycles. The van der Waals surface area contributed by atoms with E-state index in [2.05, 4.69) is 9.88 Å². The number of benzene rings is 2. The Morgan fingerprint density at radius 1 is 0.950 bits per heavy atom. The highest BCUT2D eigenvalue weighted by molar-refractivity contribution is 7.90. The zero-order valence-corrected chi connectivity index (χ0v) is 23.3. The summed E-state index contributed by atoms with van der Waals surface area (Å²) in [6, 6.07) is 21.4. The van der Waals surface area contributed by atoms with E-state index in [1.54, 1.807) is 45.5 Å². The number of rotatable bonds is 6. The van der Waals surface area contributed by atoms with Gasteiger partial charge in [-0.3, -0.25) is 4.79 Å². The number of anilines is 1. The summed E-state index contributed by atoms with van der Waals surface area (Å²) in [7, 11) is -5.05. The second-order valence-electron chi connectivity index (χ2n) is 9.51. The molecule has 1 atom stereocenters. The second kappa shape index (κ2) is 10.4. The first-order valence-electron chi connectivity index (χ1n) is 12.7. The lowest BCUT2D eigenvalue weighted by molar-refractivity contribution is 0.0747. The van der Waals surface area contributed by atoms with Crippen LogP contribution in [0.25, 0.3) is 22.2 Å². The van der Waals surface area contributed by atoms with Crippen LogP contribution in [0.3, 0.4) is 0 Å². The lowest BCUT2D eigenvalue weighted by Crippen LogP contribution is -2.49. The van der Waals surface area contributed by atoms with Gasteiger partial charge in [-0.2, -0.15) is 0 Å². The number of carbonyl (C=O) groups excluding carboxylic acids is 1. The molecule has 5 aromatic rings. The van der Waals surface area contributed by atoms with Gasteiger partial charge in [0.05, 0.1) is 11.2 Å². The molecular formula is C29H26N4O5S2. The number of carbonyl (C=O) groups is 1. The Bertz CT molecular complexity index is 1830. The molecule has 9 nitrogen and oxygen atoms in total. The molecule has 1 aliphatic rings. The standard InChI is InChI=1S/C29H26N4O5S2/c1-40(36,37)22-9-10-23(21-6-3-2-4-7-21)25(20-22)29(34)32-17-15-31(16-18-32)26-11-13-30-28-24(26)12-14-33(28)39(35)27-8-5-19-38-27/h2-14,19-20H,15-18H2,1H3. The number of piperazine rings is 1. The van der Waals surface area contributed by atoms with Crippen molar-refractivity contribution in [2.24, 2.45) is 0 Å². The molecule has 204 valence electrons. The van der Waals surface area contributed by atoms with Gasteiger partial charge in [-0.25, -0.2) is 21.6 Å². The van der Waals surface area contributed by atoms with Crippen molar-refractivity contribution >= 4 is 43.5 Å². The first-order valence-corrected chi connectivity index (χ1v) is 15.7. The zero-order valence-electron chi connectivity index (χ0n) is 21.6. The van der Waals surface area contributed by atoms with Gasteiger partial charge in [0.1, 0.15) is 0 Å². The van der Waals surface area contributed by atoms with E-state index < -0.39 is 20.8 Å². The summed E-state index contributed by atoms with van der Waals surface area (Å²) in [6.45, 7) is 2.06. The van der Waals surface area contributed by atoms with Gasteiger partial charge in [0.2, 0.25) is 5.09 Å². The molecule has 1 amide bonds. The van der Waals surface area contributed by atoms with Gasteiger partial charge in [-0.05, 0) is 47.5 Å². The van der Waals surface area contributed by atoms with Crippen LogP contribution in [0.1, 0.15) is 10.4 Å². The van der Waals surface area contributed by atoms with Crippen LogP contribution in [0, 0.1) is 0 Å². The number of sulfone groups is 1. The molecule has 1 fully saturated rings. The molecule has 0 radical (unpaired) electrons. The Morgan fingerprint density at radius 2 is 1.73 bits per heavy atom. The fraction of sp³-hybridized carbons (Fsp3) is 0.172. The maximum atomic E-state index is 13.8. The molecule has 40 heavy (non-hydrogen) atoms. The van der Waals surface area contributed by atoms with Crippen LogP contribution in [-0.2, 0) is 20.8 Å². The monoisotopic (exact) mass is 574 g/mol. The second-order valence-corrected chi connectivity index (χ2v) is 12.8. The number of hydrogen-bond acceptors (Lipinski definition) is 7. The maximum absolute atomic E-state index is 13.8. The lowest BCUT2D eigenvalue weighted by atomic mass is 9.98. The molecule has 0 spiro atoms. The first-order chi connectivity index (χ1) is 19.3. The van der Waals surface area contributed by atoms with Crippen molar-refractivity contribution in [1.29, 1.82) is 0 Å². The third-order valence-corrected chi connectivity index (χ3v) is 9.36. The smallest absolute Gasteiger partial charge is 0.254 e. The minimum atomic E-state index is -3.49. The number of aromatic nitrogens is 2. The quantitative estimate of drug-likeness (QED) is 0.299. The van der Waals surface area contributed by atoms with Gasteiger partial charge in [0, 0.05) is 61.5 Å². The average Bonchev–Trinajstić information content (AvgIpc) is 3.67. The minimum absolute atomic E-state index is 0.116. The Labute approximate surface area is 234 Å². The Morgan fingerprint density at radius 3 is 2.42 bits per heavy atom. The first kappa shape index (κ1) is 26.0. The number of nitrogens with zero attached hydrogens (tertiary/aromatic N) is 4. The average molecular weight is 575 g/mol. The third-order valence-electron chi connectivity index (χ3n) is 7.02. The molecule has 11 heteroatoms. The van der Waals surface area contributed by atoms with Gasteiger partial charge in [-0.1, -0.05) is 36.4 Å². The van der Waals surface area contributed by atoms with Crippen molar-refractivity contribution in [3.8, 4) is 11.1 Å². The summed E-state index contributed by atoms with van der Waals surface area (Å²) < 4.78 is 44.5. The number of hydrogen-bond donors (Lipinski definition) is 0. The number of furan rings is 1. The van der Waals surface area contributed by atoms with E-state index >= 15 is 0 Å². The molecule has 0 N–H and O–H groups in total. The van der Waals surface area contributed by atoms with Crippen LogP contribution in [0.15, 0.2) is 106 Å². The van der Waals surface area contributed by atoms with E-state index in [4.69, 9.17) is 4.42 Å². The van der Waals surface area contributed by atoms with Gasteiger partial charge in [0.25, 0.3) is 5.91 Å². The Balaban J connectivity index is 1.26. The van der Waals surface area contributed by atoms with Gasteiger partial charge in [-0.15, -0.1) is 0 Å². The SMILES string of the molecule is CS(=O)(=O)c1ccc(-c2ccccc2)c(C(=O)N2CCN(c3ccnc4c3ccn4S(=O)c3ccco3)CC2)c1. The van der Waals surface area contributed by atoms with Crippen LogP contribution in [-0.4, -0.2) is 64.8 Å². The molecule has 0 bridgehead atoms. The fourth-order valence-electron chi connectivity index (χ4n) is 4.99. The van der Waals surface area contributed by atoms with Crippen molar-refractivity contribution in [3.05, 3.63) is 97.0 Å². The predicted molar refractivity (Wildman–Crippen MR) is 153 cm³/mol. The summed E-state index contributed by atoms with van der Waals surface area (Å²) >= 11 is 0. The minimum Gasteiger partial charge on any atom is -0.454 e.